The maximum Gasteiger partial charge on any atom is 0.192 e. The molecule has 3 heteroatoms. The lowest BCUT2D eigenvalue weighted by molar-refractivity contribution is 0.274. The van der Waals surface area contributed by atoms with Gasteiger partial charge in [-0.05, 0) is 29.8 Å². The van der Waals surface area contributed by atoms with Crippen LogP contribution in [-0.2, 0) is 11.0 Å². The zero-order valence-electron chi connectivity index (χ0n) is 10.9. The summed E-state index contributed by atoms with van der Waals surface area (Å²) in [6.45, 7) is 12.0. The maximum atomic E-state index is 6.15. The van der Waals surface area contributed by atoms with Crippen LogP contribution in [0.1, 0.15) is 26.3 Å². The van der Waals surface area contributed by atoms with Gasteiger partial charge in [0.15, 0.2) is 8.32 Å². The van der Waals surface area contributed by atoms with Gasteiger partial charge in [-0.25, -0.2) is 0 Å². The molecule has 0 atom stereocenters. The quantitative estimate of drug-likeness (QED) is 0.617. The highest BCUT2D eigenvalue weighted by molar-refractivity contribution is 7.80. The molecule has 0 saturated carbocycles. The van der Waals surface area contributed by atoms with Crippen LogP contribution in [0.25, 0.3) is 0 Å². The minimum Gasteiger partial charge on any atom is -0.413 e. The van der Waals surface area contributed by atoms with Gasteiger partial charge in [-0.15, -0.1) is 12.6 Å². The van der Waals surface area contributed by atoms with Gasteiger partial charge >= 0.3 is 0 Å². The molecule has 16 heavy (non-hydrogen) atoms. The Kier molecular flexibility index (Phi) is 4.27. The summed E-state index contributed by atoms with van der Waals surface area (Å²) in [5, 5.41) is 0.262. The largest absolute Gasteiger partial charge is 0.413 e. The summed E-state index contributed by atoms with van der Waals surface area (Å²) in [6.07, 6.45) is 0. The Bertz CT molecular complexity index is 355. The molecule has 0 bridgehead atoms. The Labute approximate surface area is 106 Å². The third kappa shape index (κ3) is 3.37. The molecule has 0 aromatic heterocycles. The monoisotopic (exact) mass is 254 g/mol. The van der Waals surface area contributed by atoms with Crippen LogP contribution in [0.3, 0.4) is 0 Å². The van der Waals surface area contributed by atoms with Crippen LogP contribution in [-0.4, -0.2) is 8.32 Å². The molecule has 0 N–H and O–H groups in total. The molecule has 1 rings (SSSR count). The zero-order chi connectivity index (χ0) is 12.4. The van der Waals surface area contributed by atoms with E-state index in [1.807, 2.05) is 18.2 Å². The van der Waals surface area contributed by atoms with Crippen LogP contribution >= 0.6 is 12.6 Å². The normalized spacial score (nSPS) is 12.9. The Balaban J connectivity index is 2.69. The highest BCUT2D eigenvalue weighted by Crippen LogP contribution is 2.37. The lowest BCUT2D eigenvalue weighted by Crippen LogP contribution is -2.40. The molecule has 0 fully saturated rings. The molecule has 0 aliphatic carbocycles. The van der Waals surface area contributed by atoms with Gasteiger partial charge in [-0.3, -0.25) is 0 Å². The molecule has 0 spiro atoms. The van der Waals surface area contributed by atoms with Gasteiger partial charge in [-0.2, -0.15) is 0 Å². The van der Waals surface area contributed by atoms with Crippen molar-refractivity contribution in [1.29, 1.82) is 0 Å². The summed E-state index contributed by atoms with van der Waals surface area (Å²) in [4.78, 5) is 1.02. The minimum absolute atomic E-state index is 0.262. The van der Waals surface area contributed by atoms with Crippen LogP contribution in [0.5, 0.6) is 0 Å². The second kappa shape index (κ2) is 4.94. The highest BCUT2D eigenvalue weighted by Gasteiger charge is 2.37. The van der Waals surface area contributed by atoms with Gasteiger partial charge in [0.05, 0.1) is 6.61 Å². The van der Waals surface area contributed by atoms with Crippen molar-refractivity contribution in [3.63, 3.8) is 0 Å². The molecule has 90 valence electrons. The number of hydrogen-bond donors (Lipinski definition) is 1. The van der Waals surface area contributed by atoms with E-state index in [0.717, 1.165) is 4.90 Å². The zero-order valence-corrected chi connectivity index (χ0v) is 12.8. The first-order chi connectivity index (χ1) is 7.24. The van der Waals surface area contributed by atoms with Crippen molar-refractivity contribution >= 4 is 20.9 Å². The third-order valence-corrected chi connectivity index (χ3v) is 8.30. The summed E-state index contributed by atoms with van der Waals surface area (Å²) < 4.78 is 6.15. The Morgan fingerprint density at radius 2 is 1.75 bits per heavy atom. The Morgan fingerprint density at radius 3 is 2.25 bits per heavy atom. The first-order valence-corrected chi connectivity index (χ1v) is 9.00. The maximum absolute atomic E-state index is 6.15. The van der Waals surface area contributed by atoms with Crippen molar-refractivity contribution < 1.29 is 4.43 Å². The second-order valence-electron chi connectivity index (χ2n) is 5.68. The van der Waals surface area contributed by atoms with Gasteiger partial charge in [0, 0.05) is 4.90 Å². The Morgan fingerprint density at radius 1 is 1.19 bits per heavy atom. The van der Waals surface area contributed by atoms with E-state index in [4.69, 9.17) is 4.43 Å². The molecule has 0 heterocycles. The third-order valence-electron chi connectivity index (χ3n) is 3.39. The van der Waals surface area contributed by atoms with E-state index >= 15 is 0 Å². The van der Waals surface area contributed by atoms with Crippen LogP contribution < -0.4 is 0 Å². The predicted molar refractivity (Wildman–Crippen MR) is 75.7 cm³/mol. The summed E-state index contributed by atoms with van der Waals surface area (Å²) in [5.74, 6) is 0. The molecule has 1 aromatic rings. The summed E-state index contributed by atoms with van der Waals surface area (Å²) in [6, 6.07) is 8.12. The van der Waals surface area contributed by atoms with E-state index in [2.05, 4.69) is 52.6 Å². The first kappa shape index (κ1) is 13.8. The molecule has 0 unspecified atom stereocenters. The summed E-state index contributed by atoms with van der Waals surface area (Å²) in [5.41, 5.74) is 1.18. The van der Waals surface area contributed by atoms with E-state index in [1.54, 1.807) is 0 Å². The van der Waals surface area contributed by atoms with E-state index in [9.17, 15) is 0 Å². The van der Waals surface area contributed by atoms with Crippen LogP contribution in [0, 0.1) is 0 Å². The number of hydrogen-bond acceptors (Lipinski definition) is 2. The van der Waals surface area contributed by atoms with Crippen LogP contribution in [0.15, 0.2) is 29.2 Å². The van der Waals surface area contributed by atoms with Gasteiger partial charge in [0.2, 0.25) is 0 Å². The van der Waals surface area contributed by atoms with Gasteiger partial charge in [0.1, 0.15) is 0 Å². The first-order valence-electron chi connectivity index (χ1n) is 5.65. The SMILES string of the molecule is CC(C)(C)[Si](C)(C)OCc1ccccc1S. The average molecular weight is 254 g/mol. The van der Waals surface area contributed by atoms with Crippen LogP contribution in [0.2, 0.25) is 18.1 Å². The molecule has 0 radical (unpaired) electrons. The fourth-order valence-electron chi connectivity index (χ4n) is 1.11. The van der Waals surface area contributed by atoms with Crippen molar-refractivity contribution in [1.82, 2.24) is 0 Å². The smallest absolute Gasteiger partial charge is 0.192 e. The molecule has 1 aromatic carbocycles. The van der Waals surface area contributed by atoms with E-state index < -0.39 is 8.32 Å². The summed E-state index contributed by atoms with van der Waals surface area (Å²) >= 11 is 4.44. The number of rotatable bonds is 3. The lowest BCUT2D eigenvalue weighted by atomic mass is 10.2. The summed E-state index contributed by atoms with van der Waals surface area (Å²) in [7, 11) is -1.64. The van der Waals surface area contributed by atoms with Crippen LogP contribution in [0.4, 0.5) is 0 Å². The fourth-order valence-corrected chi connectivity index (χ4v) is 2.28. The Hall–Kier alpha value is -0.253. The minimum atomic E-state index is -1.64. The lowest BCUT2D eigenvalue weighted by Gasteiger charge is -2.36. The van der Waals surface area contributed by atoms with Crippen molar-refractivity contribution in [2.75, 3.05) is 0 Å². The molecule has 0 aliphatic rings. The fraction of sp³-hybridized carbons (Fsp3) is 0.538. The van der Waals surface area contributed by atoms with E-state index in [0.29, 0.717) is 6.61 Å². The highest BCUT2D eigenvalue weighted by atomic mass is 32.1. The molecule has 0 amide bonds. The molecule has 0 saturated heterocycles. The van der Waals surface area contributed by atoms with E-state index in [1.165, 1.54) is 5.56 Å². The second-order valence-corrected chi connectivity index (χ2v) is 11.0. The van der Waals surface area contributed by atoms with Gasteiger partial charge in [0.25, 0.3) is 0 Å². The molecule has 0 aliphatic heterocycles. The topological polar surface area (TPSA) is 9.23 Å². The van der Waals surface area contributed by atoms with Crippen molar-refractivity contribution in [2.45, 2.75) is 50.4 Å². The molecular weight excluding hydrogens is 232 g/mol. The average Bonchev–Trinajstić information content (AvgIpc) is 2.15. The molecular formula is C13H22OSSi. The predicted octanol–water partition coefficient (Wildman–Crippen LogP) is 4.50. The van der Waals surface area contributed by atoms with Gasteiger partial charge < -0.3 is 4.43 Å². The standard InChI is InChI=1S/C13H22OSSi/c1-13(2,3)16(4,5)14-10-11-8-6-7-9-12(11)15/h6-9,15H,10H2,1-5H3. The van der Waals surface area contributed by atoms with Crippen molar-refractivity contribution in [2.24, 2.45) is 0 Å². The number of thiol groups is 1. The van der Waals surface area contributed by atoms with E-state index in [-0.39, 0.29) is 5.04 Å². The van der Waals surface area contributed by atoms with Gasteiger partial charge in [-0.1, -0.05) is 39.0 Å². The number of benzene rings is 1. The molecule has 1 nitrogen and oxygen atoms in total. The van der Waals surface area contributed by atoms with Crippen molar-refractivity contribution in [3.8, 4) is 0 Å². The van der Waals surface area contributed by atoms with Crippen molar-refractivity contribution in [3.05, 3.63) is 29.8 Å².